The van der Waals surface area contributed by atoms with Crippen LogP contribution in [0.5, 0.6) is 5.75 Å². The summed E-state index contributed by atoms with van der Waals surface area (Å²) < 4.78 is 7.03. The van der Waals surface area contributed by atoms with Crippen molar-refractivity contribution in [3.05, 3.63) is 95.3 Å². The Morgan fingerprint density at radius 3 is 2.43 bits per heavy atom. The molecule has 14 nitrogen and oxygen atoms in total. The SMILES string of the molecule is CCCN(CCc1ccc(/N=N/c2ccc(NC(=O)CNC(=O)CCOCCn3cc(CCC(=O)O)nn3)cc2)cc1)C1CCc2c(O)cccc2C1. The van der Waals surface area contributed by atoms with E-state index in [1.807, 2.05) is 18.2 Å². The quantitative estimate of drug-likeness (QED) is 0.0686. The van der Waals surface area contributed by atoms with Gasteiger partial charge in [0.25, 0.3) is 0 Å². The first-order valence-electron chi connectivity index (χ1n) is 18.2. The maximum absolute atomic E-state index is 12.4. The molecule has 1 unspecified atom stereocenters. The molecule has 280 valence electrons. The minimum absolute atomic E-state index is 0.00957. The number of rotatable bonds is 20. The molecule has 1 aliphatic carbocycles. The molecule has 0 aliphatic heterocycles. The second-order valence-electron chi connectivity index (χ2n) is 13.1. The number of nitrogens with one attached hydrogen (secondary N) is 2. The van der Waals surface area contributed by atoms with Crippen LogP contribution < -0.4 is 10.6 Å². The topological polar surface area (TPSA) is 184 Å². The number of carbonyl (C=O) groups is 3. The van der Waals surface area contributed by atoms with Gasteiger partial charge in [0.1, 0.15) is 5.75 Å². The Bertz CT molecular complexity index is 1830. The molecule has 0 saturated carbocycles. The van der Waals surface area contributed by atoms with Crippen molar-refractivity contribution in [1.29, 1.82) is 0 Å². The summed E-state index contributed by atoms with van der Waals surface area (Å²) >= 11 is 0. The number of aliphatic carboxylic acids is 1. The molecule has 1 heterocycles. The number of benzene rings is 3. The number of azo groups is 1. The fourth-order valence-corrected chi connectivity index (χ4v) is 6.27. The number of aryl methyl sites for hydroxylation is 1. The molecule has 5 rings (SSSR count). The number of anilines is 1. The Labute approximate surface area is 309 Å². The lowest BCUT2D eigenvalue weighted by molar-refractivity contribution is -0.137. The molecule has 0 radical (unpaired) electrons. The van der Waals surface area contributed by atoms with Crippen molar-refractivity contribution >= 4 is 34.8 Å². The van der Waals surface area contributed by atoms with E-state index in [1.165, 1.54) is 11.1 Å². The van der Waals surface area contributed by atoms with Crippen molar-refractivity contribution in [2.45, 2.75) is 70.9 Å². The predicted molar refractivity (Wildman–Crippen MR) is 200 cm³/mol. The number of amides is 2. The van der Waals surface area contributed by atoms with Gasteiger partial charge in [-0.3, -0.25) is 19.3 Å². The summed E-state index contributed by atoms with van der Waals surface area (Å²) in [4.78, 5) is 37.7. The van der Waals surface area contributed by atoms with Gasteiger partial charge in [0.2, 0.25) is 11.8 Å². The smallest absolute Gasteiger partial charge is 0.303 e. The Hall–Kier alpha value is -5.47. The van der Waals surface area contributed by atoms with Crippen LogP contribution in [0, 0.1) is 0 Å². The molecule has 1 aromatic heterocycles. The average molecular weight is 725 g/mol. The first kappa shape index (κ1) is 38.8. The van der Waals surface area contributed by atoms with E-state index in [9.17, 15) is 19.5 Å². The molecule has 3 aromatic carbocycles. The van der Waals surface area contributed by atoms with E-state index in [4.69, 9.17) is 9.84 Å². The minimum Gasteiger partial charge on any atom is -0.508 e. The summed E-state index contributed by atoms with van der Waals surface area (Å²) in [5.74, 6) is -1.14. The summed E-state index contributed by atoms with van der Waals surface area (Å²) in [6.45, 7) is 4.98. The Morgan fingerprint density at radius 2 is 1.70 bits per heavy atom. The Balaban J connectivity index is 0.968. The Morgan fingerprint density at radius 1 is 0.943 bits per heavy atom. The van der Waals surface area contributed by atoms with Crippen LogP contribution in [0.25, 0.3) is 0 Å². The van der Waals surface area contributed by atoms with Crippen molar-refractivity contribution in [1.82, 2.24) is 25.2 Å². The lowest BCUT2D eigenvalue weighted by Crippen LogP contribution is -2.41. The van der Waals surface area contributed by atoms with Gasteiger partial charge in [-0.05, 0) is 97.8 Å². The van der Waals surface area contributed by atoms with Crippen molar-refractivity contribution < 1.29 is 29.3 Å². The second-order valence-corrected chi connectivity index (χ2v) is 13.1. The summed E-state index contributed by atoms with van der Waals surface area (Å²) in [6.07, 6.45) is 7.06. The van der Waals surface area contributed by atoms with Gasteiger partial charge in [0, 0.05) is 37.3 Å². The fourth-order valence-electron chi connectivity index (χ4n) is 6.27. The molecule has 0 saturated heterocycles. The highest BCUT2D eigenvalue weighted by Gasteiger charge is 2.25. The largest absolute Gasteiger partial charge is 0.508 e. The number of carboxylic acids is 1. The summed E-state index contributed by atoms with van der Waals surface area (Å²) in [5.41, 5.74) is 6.18. The minimum atomic E-state index is -0.891. The summed E-state index contributed by atoms with van der Waals surface area (Å²) in [5, 5.41) is 40.9. The molecular formula is C39H48N8O6. The standard InChI is InChI=1S/C39H48N8O6/c1-2-20-46(34-15-16-35-29(25-34)4-3-5-36(35)48)21-18-28-6-8-31(9-7-28)42-43-32-12-10-30(11-13-32)41-38(50)26-40-37(49)19-23-53-24-22-47-27-33(44-45-47)14-17-39(51)52/h3-13,27,34,48H,2,14-26H2,1H3,(H,40,49)(H,41,50)(H,51,52)/b43-42+. The zero-order valence-corrected chi connectivity index (χ0v) is 30.1. The molecule has 53 heavy (non-hydrogen) atoms. The third kappa shape index (κ3) is 12.6. The van der Waals surface area contributed by atoms with Gasteiger partial charge in [-0.15, -0.1) is 5.10 Å². The van der Waals surface area contributed by atoms with Gasteiger partial charge in [-0.25, -0.2) is 4.68 Å². The zero-order chi connectivity index (χ0) is 37.4. The van der Waals surface area contributed by atoms with Crippen LogP contribution in [0.1, 0.15) is 55.0 Å². The van der Waals surface area contributed by atoms with Gasteiger partial charge < -0.3 is 25.6 Å². The van der Waals surface area contributed by atoms with E-state index in [2.05, 4.69) is 61.2 Å². The van der Waals surface area contributed by atoms with Crippen molar-refractivity contribution in [2.24, 2.45) is 10.2 Å². The molecule has 14 heteroatoms. The number of nitrogens with zero attached hydrogens (tertiary/aromatic N) is 6. The zero-order valence-electron chi connectivity index (χ0n) is 30.1. The van der Waals surface area contributed by atoms with Crippen LogP contribution in [0.15, 0.2) is 83.2 Å². The van der Waals surface area contributed by atoms with E-state index in [-0.39, 0.29) is 37.8 Å². The van der Waals surface area contributed by atoms with E-state index in [1.54, 1.807) is 41.2 Å². The van der Waals surface area contributed by atoms with Crippen molar-refractivity contribution in [3.63, 3.8) is 0 Å². The van der Waals surface area contributed by atoms with Crippen LogP contribution >= 0.6 is 0 Å². The van der Waals surface area contributed by atoms with Crippen molar-refractivity contribution in [2.75, 3.05) is 38.2 Å². The number of ether oxygens (including phenoxy) is 1. The fraction of sp³-hybridized carbons (Fsp3) is 0.410. The number of phenols is 1. The first-order chi connectivity index (χ1) is 25.7. The molecule has 1 atom stereocenters. The van der Waals surface area contributed by atoms with E-state index < -0.39 is 5.97 Å². The molecule has 4 N–H and O–H groups in total. The second kappa shape index (κ2) is 20.0. The number of aromatic nitrogens is 3. The number of carboxylic acid groups (broad SMARTS) is 1. The molecular weight excluding hydrogens is 676 g/mol. The molecule has 0 bridgehead atoms. The molecule has 2 amide bonds. The van der Waals surface area contributed by atoms with Gasteiger partial charge in [-0.1, -0.05) is 36.4 Å². The number of fused-ring (bicyclic) bond motifs is 1. The number of hydrogen-bond donors (Lipinski definition) is 4. The maximum atomic E-state index is 12.4. The van der Waals surface area contributed by atoms with E-state index in [0.717, 1.165) is 56.4 Å². The first-order valence-corrected chi connectivity index (χ1v) is 18.2. The van der Waals surface area contributed by atoms with Crippen LogP contribution in [-0.2, 0) is 51.3 Å². The highest BCUT2D eigenvalue weighted by molar-refractivity contribution is 5.94. The normalized spacial score (nSPS) is 14.0. The molecule has 1 aliphatic rings. The molecule has 0 fully saturated rings. The maximum Gasteiger partial charge on any atom is 0.303 e. The van der Waals surface area contributed by atoms with Gasteiger partial charge in [0.05, 0.1) is 49.8 Å². The number of hydrogen-bond acceptors (Lipinski definition) is 10. The average Bonchev–Trinajstić information content (AvgIpc) is 3.62. The lowest BCUT2D eigenvalue weighted by atomic mass is 9.86. The van der Waals surface area contributed by atoms with Gasteiger partial charge >= 0.3 is 5.97 Å². The number of phenolic OH excluding ortho intramolecular Hbond substituents is 1. The van der Waals surface area contributed by atoms with Crippen LogP contribution in [0.2, 0.25) is 0 Å². The van der Waals surface area contributed by atoms with E-state index in [0.29, 0.717) is 48.4 Å². The number of aromatic hydroxyl groups is 1. The third-order valence-electron chi connectivity index (χ3n) is 9.08. The monoisotopic (exact) mass is 724 g/mol. The van der Waals surface area contributed by atoms with Gasteiger partial charge in [0.15, 0.2) is 0 Å². The predicted octanol–water partition coefficient (Wildman–Crippen LogP) is 5.39. The highest BCUT2D eigenvalue weighted by atomic mass is 16.5. The summed E-state index contributed by atoms with van der Waals surface area (Å²) in [6, 6.07) is 21.5. The lowest BCUT2D eigenvalue weighted by Gasteiger charge is -2.35. The van der Waals surface area contributed by atoms with E-state index >= 15 is 0 Å². The Kier molecular flexibility index (Phi) is 14.6. The van der Waals surface area contributed by atoms with Crippen molar-refractivity contribution in [3.8, 4) is 5.75 Å². The van der Waals surface area contributed by atoms with Crippen LogP contribution in [-0.4, -0.2) is 86.8 Å². The highest BCUT2D eigenvalue weighted by Crippen LogP contribution is 2.31. The van der Waals surface area contributed by atoms with Gasteiger partial charge in [-0.2, -0.15) is 10.2 Å². The summed E-state index contributed by atoms with van der Waals surface area (Å²) in [7, 11) is 0. The number of carbonyl (C=O) groups excluding carboxylic acids is 2. The third-order valence-corrected chi connectivity index (χ3v) is 9.08. The van der Waals surface area contributed by atoms with Crippen LogP contribution in [0.4, 0.5) is 17.1 Å². The molecule has 0 spiro atoms. The van der Waals surface area contributed by atoms with Crippen LogP contribution in [0.3, 0.4) is 0 Å². The molecule has 4 aromatic rings.